The standard InChI is InChI=1S/C29H24ClN5O4/c1-39-26-8-3-2-7-21(26)29(38)35-27-23(16-32)22(15-24(34-27)20-10-9-19(30)14-25(20)36)17-5-4-6-18(13-17)28(37)33-12-11-31/h2-10,13-15,36H,11-12,31H2,1H3,(H,33,37)(H,34,35,38). The van der Waals surface area contributed by atoms with Gasteiger partial charge in [0.15, 0.2) is 5.82 Å². The van der Waals surface area contributed by atoms with Crippen LogP contribution in [0.15, 0.2) is 72.8 Å². The molecule has 0 unspecified atom stereocenters. The smallest absolute Gasteiger partial charge is 0.260 e. The number of carbonyl (C=O) groups excluding carboxylic acids is 2. The third-order valence-corrected chi connectivity index (χ3v) is 6.05. The molecule has 4 rings (SSSR count). The second-order valence-electron chi connectivity index (χ2n) is 8.33. The summed E-state index contributed by atoms with van der Waals surface area (Å²) >= 11 is 6.02. The van der Waals surface area contributed by atoms with Gasteiger partial charge in [0.05, 0.1) is 18.4 Å². The van der Waals surface area contributed by atoms with Gasteiger partial charge in [-0.2, -0.15) is 5.26 Å². The maximum atomic E-state index is 13.2. The van der Waals surface area contributed by atoms with E-state index in [0.717, 1.165) is 0 Å². The number of para-hydroxylation sites is 1. The van der Waals surface area contributed by atoms with Gasteiger partial charge in [-0.05, 0) is 54.1 Å². The topological polar surface area (TPSA) is 150 Å². The molecule has 0 saturated heterocycles. The number of phenolic OH excluding ortho intramolecular Hbond substituents is 1. The molecular formula is C29H24ClN5O4. The van der Waals surface area contributed by atoms with Crippen LogP contribution in [-0.2, 0) is 0 Å². The molecule has 196 valence electrons. The monoisotopic (exact) mass is 541 g/mol. The van der Waals surface area contributed by atoms with Crippen molar-refractivity contribution in [3.63, 3.8) is 0 Å². The minimum atomic E-state index is -0.546. The lowest BCUT2D eigenvalue weighted by molar-refractivity contribution is 0.0953. The summed E-state index contributed by atoms with van der Waals surface area (Å²) in [5.41, 5.74) is 7.67. The largest absolute Gasteiger partial charge is 0.507 e. The van der Waals surface area contributed by atoms with Gasteiger partial charge in [0.1, 0.15) is 23.1 Å². The van der Waals surface area contributed by atoms with Gasteiger partial charge in [0.2, 0.25) is 0 Å². The Balaban J connectivity index is 1.89. The number of nitrogens with two attached hydrogens (primary N) is 1. The summed E-state index contributed by atoms with van der Waals surface area (Å²) < 4.78 is 5.30. The van der Waals surface area contributed by atoms with E-state index in [9.17, 15) is 20.0 Å². The van der Waals surface area contributed by atoms with E-state index >= 15 is 0 Å². The number of rotatable bonds is 8. The average molecular weight is 542 g/mol. The van der Waals surface area contributed by atoms with E-state index in [1.165, 1.54) is 13.2 Å². The molecule has 0 aliphatic rings. The molecule has 0 saturated carbocycles. The lowest BCUT2D eigenvalue weighted by Gasteiger charge is -2.15. The zero-order valence-corrected chi connectivity index (χ0v) is 21.6. The number of benzene rings is 3. The maximum absolute atomic E-state index is 13.2. The number of halogens is 1. The van der Waals surface area contributed by atoms with Crippen molar-refractivity contribution >= 4 is 29.2 Å². The average Bonchev–Trinajstić information content (AvgIpc) is 2.95. The van der Waals surface area contributed by atoms with Crippen LogP contribution in [0.5, 0.6) is 11.5 Å². The minimum Gasteiger partial charge on any atom is -0.507 e. The molecule has 0 fully saturated rings. The lowest BCUT2D eigenvalue weighted by Crippen LogP contribution is -2.28. The number of pyridine rings is 1. The fourth-order valence-electron chi connectivity index (χ4n) is 3.96. The van der Waals surface area contributed by atoms with Crippen LogP contribution in [0.4, 0.5) is 5.82 Å². The van der Waals surface area contributed by atoms with Gasteiger partial charge in [-0.3, -0.25) is 9.59 Å². The van der Waals surface area contributed by atoms with Crippen LogP contribution in [0.25, 0.3) is 22.4 Å². The first kappa shape index (κ1) is 27.1. The van der Waals surface area contributed by atoms with Gasteiger partial charge >= 0.3 is 0 Å². The zero-order chi connectivity index (χ0) is 27.9. The highest BCUT2D eigenvalue weighted by Crippen LogP contribution is 2.37. The van der Waals surface area contributed by atoms with E-state index in [1.54, 1.807) is 66.7 Å². The molecule has 2 amide bonds. The van der Waals surface area contributed by atoms with Gasteiger partial charge in [0.25, 0.3) is 11.8 Å². The minimum absolute atomic E-state index is 0.0340. The summed E-state index contributed by atoms with van der Waals surface area (Å²) in [4.78, 5) is 30.3. The number of nitriles is 1. The van der Waals surface area contributed by atoms with E-state index in [1.807, 2.05) is 0 Å². The first-order valence-corrected chi connectivity index (χ1v) is 12.2. The summed E-state index contributed by atoms with van der Waals surface area (Å²) in [6.45, 7) is 0.596. The number of aromatic nitrogens is 1. The van der Waals surface area contributed by atoms with E-state index in [2.05, 4.69) is 21.7 Å². The Labute approximate surface area is 229 Å². The van der Waals surface area contributed by atoms with Gasteiger partial charge in [-0.15, -0.1) is 0 Å². The number of aromatic hydroxyl groups is 1. The number of ether oxygens (including phenoxy) is 1. The molecule has 3 aromatic carbocycles. The van der Waals surface area contributed by atoms with Crippen molar-refractivity contribution in [1.29, 1.82) is 5.26 Å². The molecule has 4 aromatic rings. The van der Waals surface area contributed by atoms with Crippen LogP contribution >= 0.6 is 11.6 Å². The quantitative estimate of drug-likeness (QED) is 0.254. The molecule has 39 heavy (non-hydrogen) atoms. The molecule has 5 N–H and O–H groups in total. The summed E-state index contributed by atoms with van der Waals surface area (Å²) in [5.74, 6) is -0.697. The van der Waals surface area contributed by atoms with Gasteiger partial charge in [-0.25, -0.2) is 4.98 Å². The van der Waals surface area contributed by atoms with E-state index in [4.69, 9.17) is 22.1 Å². The molecule has 9 nitrogen and oxygen atoms in total. The lowest BCUT2D eigenvalue weighted by atomic mass is 9.96. The highest BCUT2D eigenvalue weighted by Gasteiger charge is 2.21. The van der Waals surface area contributed by atoms with Crippen LogP contribution in [0.2, 0.25) is 5.02 Å². The molecule has 0 radical (unpaired) electrons. The van der Waals surface area contributed by atoms with E-state index in [0.29, 0.717) is 39.6 Å². The number of nitrogens with zero attached hydrogens (tertiary/aromatic N) is 2. The molecule has 1 aromatic heterocycles. The van der Waals surface area contributed by atoms with Crippen LogP contribution in [0.3, 0.4) is 0 Å². The van der Waals surface area contributed by atoms with Crippen molar-refractivity contribution in [2.75, 3.05) is 25.5 Å². The Bertz CT molecular complexity index is 1600. The van der Waals surface area contributed by atoms with E-state index < -0.39 is 5.91 Å². The second kappa shape index (κ2) is 12.1. The fraction of sp³-hybridized carbons (Fsp3) is 0.103. The molecule has 0 aliphatic carbocycles. The SMILES string of the molecule is COc1ccccc1C(=O)Nc1nc(-c2ccc(Cl)cc2O)cc(-c2cccc(C(=O)NCCN)c2)c1C#N. The molecule has 0 spiro atoms. The summed E-state index contributed by atoms with van der Waals surface area (Å²) in [7, 11) is 1.45. The Kier molecular flexibility index (Phi) is 8.41. The van der Waals surface area contributed by atoms with Crippen LogP contribution in [0.1, 0.15) is 26.3 Å². The maximum Gasteiger partial charge on any atom is 0.260 e. The van der Waals surface area contributed by atoms with Gasteiger partial charge < -0.3 is 26.2 Å². The molecule has 10 heteroatoms. The fourth-order valence-corrected chi connectivity index (χ4v) is 4.12. The normalized spacial score (nSPS) is 10.4. The number of phenols is 1. The summed E-state index contributed by atoms with van der Waals surface area (Å²) in [5, 5.41) is 26.5. The number of hydrogen-bond donors (Lipinski definition) is 4. The summed E-state index contributed by atoms with van der Waals surface area (Å²) in [6.07, 6.45) is 0. The highest BCUT2D eigenvalue weighted by molar-refractivity contribution is 6.30. The Morgan fingerprint density at radius 2 is 1.85 bits per heavy atom. The Hall–Kier alpha value is -4.91. The van der Waals surface area contributed by atoms with Crippen molar-refractivity contribution in [3.05, 3.63) is 94.5 Å². The van der Waals surface area contributed by atoms with Crippen molar-refractivity contribution in [2.24, 2.45) is 5.73 Å². The third-order valence-electron chi connectivity index (χ3n) is 5.82. The highest BCUT2D eigenvalue weighted by atomic mass is 35.5. The third kappa shape index (κ3) is 5.99. The van der Waals surface area contributed by atoms with Crippen LogP contribution < -0.4 is 21.1 Å². The number of hydrogen-bond acceptors (Lipinski definition) is 7. The van der Waals surface area contributed by atoms with Crippen molar-refractivity contribution < 1.29 is 19.4 Å². The van der Waals surface area contributed by atoms with Crippen molar-refractivity contribution in [1.82, 2.24) is 10.3 Å². The second-order valence-corrected chi connectivity index (χ2v) is 8.77. The van der Waals surface area contributed by atoms with Crippen molar-refractivity contribution in [2.45, 2.75) is 0 Å². The van der Waals surface area contributed by atoms with Crippen LogP contribution in [0, 0.1) is 11.3 Å². The van der Waals surface area contributed by atoms with E-state index in [-0.39, 0.29) is 40.8 Å². The van der Waals surface area contributed by atoms with Gasteiger partial charge in [0, 0.05) is 34.8 Å². The molecule has 0 aliphatic heterocycles. The van der Waals surface area contributed by atoms with Gasteiger partial charge in [-0.1, -0.05) is 35.9 Å². The number of nitrogens with one attached hydrogen (secondary N) is 2. The predicted octanol–water partition coefficient (Wildman–Crippen LogP) is 4.60. The molecule has 0 atom stereocenters. The Morgan fingerprint density at radius 1 is 1.05 bits per heavy atom. The molecule has 0 bridgehead atoms. The van der Waals surface area contributed by atoms with Crippen molar-refractivity contribution in [3.8, 4) is 40.0 Å². The summed E-state index contributed by atoms with van der Waals surface area (Å²) in [6, 6.07) is 21.6. The molecule has 1 heterocycles. The van der Waals surface area contributed by atoms with Crippen LogP contribution in [-0.4, -0.2) is 42.1 Å². The number of carbonyl (C=O) groups is 2. The predicted molar refractivity (Wildman–Crippen MR) is 149 cm³/mol. The molecular weight excluding hydrogens is 518 g/mol. The number of anilines is 1. The first-order chi connectivity index (χ1) is 18.9. The first-order valence-electron chi connectivity index (χ1n) is 11.8. The number of methoxy groups -OCH3 is 1. The Morgan fingerprint density at radius 3 is 2.56 bits per heavy atom. The number of amides is 2. The zero-order valence-electron chi connectivity index (χ0n) is 20.9.